The Morgan fingerprint density at radius 3 is 2.88 bits per heavy atom. The molecule has 32 heavy (non-hydrogen) atoms. The maximum atomic E-state index is 11.1. The second-order valence-electron chi connectivity index (χ2n) is 8.92. The van der Waals surface area contributed by atoms with E-state index in [0.717, 1.165) is 61.4 Å². The highest BCUT2D eigenvalue weighted by atomic mass is 16.5. The number of ether oxygens (including phenoxy) is 1. The lowest BCUT2D eigenvalue weighted by Gasteiger charge is -2.35. The SMILES string of the molecule is COc1cc2c(cc1Nc1ncc3cnn(C4CC(CNC(C)=O)C4)c3n1)CN(C)CC2. The normalized spacial score (nSPS) is 20.5. The smallest absolute Gasteiger partial charge is 0.229 e. The quantitative estimate of drug-likeness (QED) is 0.614. The van der Waals surface area contributed by atoms with Crippen LogP contribution in [0.25, 0.3) is 11.0 Å². The van der Waals surface area contributed by atoms with Gasteiger partial charge in [-0.05, 0) is 55.5 Å². The van der Waals surface area contributed by atoms with E-state index in [0.29, 0.717) is 17.9 Å². The predicted octanol–water partition coefficient (Wildman–Crippen LogP) is 2.65. The summed E-state index contributed by atoms with van der Waals surface area (Å²) in [6.45, 7) is 4.25. The molecule has 2 aromatic heterocycles. The summed E-state index contributed by atoms with van der Waals surface area (Å²) in [6, 6.07) is 4.56. The van der Waals surface area contributed by atoms with Crippen molar-refractivity contribution in [3.05, 3.63) is 35.7 Å². The molecule has 3 aromatic rings. The second-order valence-corrected chi connectivity index (χ2v) is 8.92. The minimum absolute atomic E-state index is 0.0192. The van der Waals surface area contributed by atoms with Crippen LogP contribution >= 0.6 is 0 Å². The number of fused-ring (bicyclic) bond motifs is 2. The van der Waals surface area contributed by atoms with Crippen molar-refractivity contribution in [2.75, 3.05) is 32.6 Å². The maximum absolute atomic E-state index is 11.1. The number of carbonyl (C=O) groups excluding carboxylic acids is 1. The first-order valence-corrected chi connectivity index (χ1v) is 11.1. The molecule has 1 aromatic carbocycles. The highest BCUT2D eigenvalue weighted by Crippen LogP contribution is 2.38. The van der Waals surface area contributed by atoms with Crippen molar-refractivity contribution in [3.8, 4) is 5.75 Å². The average Bonchev–Trinajstić information content (AvgIpc) is 3.15. The predicted molar refractivity (Wildman–Crippen MR) is 122 cm³/mol. The summed E-state index contributed by atoms with van der Waals surface area (Å²) in [7, 11) is 3.83. The fourth-order valence-electron chi connectivity index (χ4n) is 4.63. The molecule has 5 rings (SSSR count). The van der Waals surface area contributed by atoms with E-state index < -0.39 is 0 Å². The monoisotopic (exact) mass is 435 g/mol. The zero-order valence-electron chi connectivity index (χ0n) is 18.8. The first kappa shape index (κ1) is 20.7. The van der Waals surface area contributed by atoms with Crippen molar-refractivity contribution in [1.82, 2.24) is 30.0 Å². The van der Waals surface area contributed by atoms with Gasteiger partial charge in [0.25, 0.3) is 0 Å². The third kappa shape index (κ3) is 4.00. The number of nitrogens with zero attached hydrogens (tertiary/aromatic N) is 5. The summed E-state index contributed by atoms with van der Waals surface area (Å²) >= 11 is 0. The third-order valence-electron chi connectivity index (χ3n) is 6.50. The lowest BCUT2D eigenvalue weighted by atomic mass is 9.80. The van der Waals surface area contributed by atoms with E-state index in [1.165, 1.54) is 11.1 Å². The van der Waals surface area contributed by atoms with Gasteiger partial charge in [-0.2, -0.15) is 10.1 Å². The molecule has 3 heterocycles. The molecule has 0 radical (unpaired) electrons. The number of benzene rings is 1. The average molecular weight is 436 g/mol. The van der Waals surface area contributed by atoms with Gasteiger partial charge in [0.15, 0.2) is 5.65 Å². The summed E-state index contributed by atoms with van der Waals surface area (Å²) in [4.78, 5) is 22.7. The van der Waals surface area contributed by atoms with Gasteiger partial charge < -0.3 is 20.3 Å². The molecular formula is C23H29N7O2. The zero-order chi connectivity index (χ0) is 22.2. The molecule has 9 nitrogen and oxygen atoms in total. The van der Waals surface area contributed by atoms with Gasteiger partial charge in [0.2, 0.25) is 11.9 Å². The standard InChI is InChI=1S/C23H29N7O2/c1-14(31)24-10-15-6-19(7-15)30-22-18(12-26-30)11-25-23(28-22)27-20-8-17-13-29(2)5-4-16(17)9-21(20)32-3/h8-9,11-12,15,19H,4-7,10,13H2,1-3H3,(H,24,31)(H,25,27,28). The molecule has 0 bridgehead atoms. The molecule has 0 atom stereocenters. The van der Waals surface area contributed by atoms with E-state index >= 15 is 0 Å². The number of nitrogens with one attached hydrogen (secondary N) is 2. The van der Waals surface area contributed by atoms with Crippen LogP contribution in [-0.2, 0) is 17.8 Å². The lowest BCUT2D eigenvalue weighted by Crippen LogP contribution is -2.36. The van der Waals surface area contributed by atoms with E-state index in [4.69, 9.17) is 9.72 Å². The van der Waals surface area contributed by atoms with Gasteiger partial charge in [-0.25, -0.2) is 9.67 Å². The van der Waals surface area contributed by atoms with Crippen LogP contribution in [0.1, 0.15) is 36.9 Å². The van der Waals surface area contributed by atoms with Crippen LogP contribution in [0.4, 0.5) is 11.6 Å². The summed E-state index contributed by atoms with van der Waals surface area (Å²) in [5.74, 6) is 1.83. The Kier molecular flexibility index (Phi) is 5.42. The molecule has 1 aliphatic heterocycles. The number of carbonyl (C=O) groups is 1. The number of amides is 1. The van der Waals surface area contributed by atoms with Crippen LogP contribution < -0.4 is 15.4 Å². The number of methoxy groups -OCH3 is 1. The Labute approximate surface area is 187 Å². The zero-order valence-corrected chi connectivity index (χ0v) is 18.8. The maximum Gasteiger partial charge on any atom is 0.229 e. The summed E-state index contributed by atoms with van der Waals surface area (Å²) in [5.41, 5.74) is 4.32. The number of hydrogen-bond acceptors (Lipinski definition) is 7. The van der Waals surface area contributed by atoms with E-state index in [1.54, 1.807) is 20.2 Å². The van der Waals surface area contributed by atoms with Gasteiger partial charge in [-0.3, -0.25) is 4.79 Å². The van der Waals surface area contributed by atoms with Crippen molar-refractivity contribution in [2.24, 2.45) is 5.92 Å². The molecule has 0 spiro atoms. The second kappa shape index (κ2) is 8.38. The molecule has 9 heteroatoms. The van der Waals surface area contributed by atoms with Gasteiger partial charge in [-0.15, -0.1) is 0 Å². The molecule has 0 unspecified atom stereocenters. The third-order valence-corrected chi connectivity index (χ3v) is 6.50. The summed E-state index contributed by atoms with van der Waals surface area (Å²) in [5, 5.41) is 11.7. The lowest BCUT2D eigenvalue weighted by molar-refractivity contribution is -0.119. The minimum Gasteiger partial charge on any atom is -0.495 e. The van der Waals surface area contributed by atoms with E-state index in [9.17, 15) is 4.79 Å². The van der Waals surface area contributed by atoms with Crippen LogP contribution in [0.5, 0.6) is 5.75 Å². The first-order chi connectivity index (χ1) is 15.5. The van der Waals surface area contributed by atoms with Crippen LogP contribution in [0.15, 0.2) is 24.5 Å². The van der Waals surface area contributed by atoms with Crippen molar-refractivity contribution >= 4 is 28.6 Å². The van der Waals surface area contributed by atoms with Crippen LogP contribution in [-0.4, -0.2) is 57.8 Å². The Morgan fingerprint density at radius 2 is 2.09 bits per heavy atom. The molecule has 2 aliphatic rings. The van der Waals surface area contributed by atoms with Gasteiger partial charge in [0, 0.05) is 32.8 Å². The topological polar surface area (TPSA) is 97.2 Å². The molecule has 168 valence electrons. The van der Waals surface area contributed by atoms with Crippen molar-refractivity contribution in [1.29, 1.82) is 0 Å². The minimum atomic E-state index is 0.0192. The first-order valence-electron chi connectivity index (χ1n) is 11.1. The summed E-state index contributed by atoms with van der Waals surface area (Å²) in [6.07, 6.45) is 6.61. The van der Waals surface area contributed by atoms with Crippen LogP contribution in [0.2, 0.25) is 0 Å². The van der Waals surface area contributed by atoms with Crippen molar-refractivity contribution in [2.45, 2.75) is 38.8 Å². The van der Waals surface area contributed by atoms with Crippen molar-refractivity contribution in [3.63, 3.8) is 0 Å². The molecule has 0 saturated heterocycles. The van der Waals surface area contributed by atoms with Gasteiger partial charge >= 0.3 is 0 Å². The largest absolute Gasteiger partial charge is 0.495 e. The number of hydrogen-bond donors (Lipinski definition) is 2. The molecular weight excluding hydrogens is 406 g/mol. The Balaban J connectivity index is 1.36. The molecule has 1 fully saturated rings. The molecule has 1 amide bonds. The van der Waals surface area contributed by atoms with E-state index in [1.807, 2.05) is 10.9 Å². The van der Waals surface area contributed by atoms with Crippen LogP contribution in [0.3, 0.4) is 0 Å². The van der Waals surface area contributed by atoms with Gasteiger partial charge in [-0.1, -0.05) is 0 Å². The Morgan fingerprint density at radius 1 is 1.25 bits per heavy atom. The van der Waals surface area contributed by atoms with Gasteiger partial charge in [0.1, 0.15) is 5.75 Å². The fourth-order valence-corrected chi connectivity index (χ4v) is 4.63. The molecule has 1 aliphatic carbocycles. The Hall–Kier alpha value is -3.20. The number of likely N-dealkylation sites (N-methyl/N-ethyl adjacent to an activating group) is 1. The van der Waals surface area contributed by atoms with E-state index in [2.05, 4.69) is 44.8 Å². The van der Waals surface area contributed by atoms with Gasteiger partial charge in [0.05, 0.1) is 30.4 Å². The highest BCUT2D eigenvalue weighted by molar-refractivity contribution is 5.76. The van der Waals surface area contributed by atoms with Crippen LogP contribution in [0, 0.1) is 5.92 Å². The molecule has 2 N–H and O–H groups in total. The summed E-state index contributed by atoms with van der Waals surface area (Å²) < 4.78 is 7.64. The number of anilines is 2. The highest BCUT2D eigenvalue weighted by Gasteiger charge is 2.32. The van der Waals surface area contributed by atoms with E-state index in [-0.39, 0.29) is 5.91 Å². The number of aromatic nitrogens is 4. The Bertz CT molecular complexity index is 1150. The number of rotatable bonds is 6. The van der Waals surface area contributed by atoms with Crippen molar-refractivity contribution < 1.29 is 9.53 Å². The fraction of sp³-hybridized carbons (Fsp3) is 0.478. The molecule has 1 saturated carbocycles.